The van der Waals surface area contributed by atoms with Gasteiger partial charge >= 0.3 is 0 Å². The molecule has 0 spiro atoms. The summed E-state index contributed by atoms with van der Waals surface area (Å²) in [7, 11) is 0. The molecule has 3 aliphatic heterocycles. The van der Waals surface area contributed by atoms with Gasteiger partial charge in [-0.3, -0.25) is 19.3 Å². The number of benzene rings is 2. The van der Waals surface area contributed by atoms with Crippen LogP contribution in [0.5, 0.6) is 0 Å². The summed E-state index contributed by atoms with van der Waals surface area (Å²) in [5, 5.41) is 0.286. The van der Waals surface area contributed by atoms with Gasteiger partial charge in [0.1, 0.15) is 11.9 Å². The van der Waals surface area contributed by atoms with E-state index in [-0.39, 0.29) is 22.6 Å². The molecule has 5 nitrogen and oxygen atoms in total. The molecule has 3 heterocycles. The van der Waals surface area contributed by atoms with Crippen molar-refractivity contribution in [1.29, 1.82) is 0 Å². The Morgan fingerprint density at radius 3 is 2.41 bits per heavy atom. The summed E-state index contributed by atoms with van der Waals surface area (Å²) in [6, 6.07) is 9.59. The highest BCUT2D eigenvalue weighted by atomic mass is 35.5. The molecule has 3 aliphatic rings. The van der Waals surface area contributed by atoms with Crippen molar-refractivity contribution in [2.24, 2.45) is 11.8 Å². The van der Waals surface area contributed by atoms with Crippen molar-refractivity contribution >= 4 is 41.0 Å². The highest BCUT2D eigenvalue weighted by Gasteiger charge is 2.65. The van der Waals surface area contributed by atoms with E-state index in [1.54, 1.807) is 63.3 Å². The second-order valence-electron chi connectivity index (χ2n) is 9.48. The lowest BCUT2D eigenvalue weighted by atomic mass is 9.86. The van der Waals surface area contributed by atoms with Crippen LogP contribution in [-0.4, -0.2) is 40.1 Å². The maximum absolute atomic E-state index is 13.9. The van der Waals surface area contributed by atoms with Gasteiger partial charge in [0.05, 0.1) is 22.9 Å². The van der Waals surface area contributed by atoms with Gasteiger partial charge in [-0.2, -0.15) is 0 Å². The third kappa shape index (κ3) is 2.85. The molecule has 0 aromatic heterocycles. The van der Waals surface area contributed by atoms with Gasteiger partial charge in [0.15, 0.2) is 5.78 Å². The highest BCUT2D eigenvalue weighted by Crippen LogP contribution is 2.50. The van der Waals surface area contributed by atoms with Crippen LogP contribution in [0.25, 0.3) is 6.08 Å². The smallest absolute Gasteiger partial charge is 0.236 e. The number of ketones is 1. The summed E-state index contributed by atoms with van der Waals surface area (Å²) in [5.74, 6) is -2.91. The Morgan fingerprint density at radius 1 is 1.03 bits per heavy atom. The van der Waals surface area contributed by atoms with Crippen LogP contribution >= 0.6 is 11.6 Å². The number of anilines is 1. The number of imide groups is 1. The van der Waals surface area contributed by atoms with Gasteiger partial charge < -0.3 is 4.90 Å². The largest absolute Gasteiger partial charge is 0.352 e. The molecule has 0 radical (unpaired) electrons. The minimum absolute atomic E-state index is 0.285. The number of nitrogens with zero attached hydrogens (tertiary/aromatic N) is 2. The van der Waals surface area contributed by atoms with Crippen molar-refractivity contribution in [1.82, 2.24) is 4.90 Å². The zero-order chi connectivity index (χ0) is 22.9. The molecule has 2 fully saturated rings. The predicted molar refractivity (Wildman–Crippen MR) is 120 cm³/mol. The number of hydrogen-bond acceptors (Lipinski definition) is 4. The van der Waals surface area contributed by atoms with E-state index >= 15 is 0 Å². The Balaban J connectivity index is 1.70. The van der Waals surface area contributed by atoms with E-state index in [2.05, 4.69) is 0 Å². The summed E-state index contributed by atoms with van der Waals surface area (Å²) >= 11 is 6.34. The van der Waals surface area contributed by atoms with Crippen molar-refractivity contribution in [3.63, 3.8) is 0 Å². The molecule has 0 saturated carbocycles. The summed E-state index contributed by atoms with van der Waals surface area (Å²) in [6.07, 6.45) is 3.56. The van der Waals surface area contributed by atoms with Crippen molar-refractivity contribution in [3.05, 3.63) is 70.5 Å². The maximum Gasteiger partial charge on any atom is 0.236 e. The third-order valence-electron chi connectivity index (χ3n) is 6.55. The molecule has 7 heteroatoms. The zero-order valence-electron chi connectivity index (χ0n) is 17.9. The van der Waals surface area contributed by atoms with Crippen molar-refractivity contribution in [2.75, 3.05) is 4.90 Å². The standard InChI is InChI=1S/C25H22ClFN2O3/c1-25(2,3)29-23(31)19-18-10-8-13-12-14(27)9-11-17(13)28(18)21(20(19)24(29)32)22(30)15-6-4-5-7-16(15)26/h4-12,18-21H,1-3H3/t18-,19-,20-,21+/m1/s1. The number of amides is 2. The van der Waals surface area contributed by atoms with Gasteiger partial charge in [-0.05, 0) is 51.1 Å². The molecule has 0 unspecified atom stereocenters. The lowest BCUT2D eigenvalue weighted by Gasteiger charge is -2.38. The van der Waals surface area contributed by atoms with Crippen LogP contribution in [0.4, 0.5) is 10.1 Å². The lowest BCUT2D eigenvalue weighted by molar-refractivity contribution is -0.145. The molecule has 2 aromatic carbocycles. The first-order valence-corrected chi connectivity index (χ1v) is 10.9. The topological polar surface area (TPSA) is 57.7 Å². The van der Waals surface area contributed by atoms with Gasteiger partial charge in [-0.25, -0.2) is 4.39 Å². The molecule has 164 valence electrons. The summed E-state index contributed by atoms with van der Waals surface area (Å²) < 4.78 is 13.9. The second kappa shape index (κ2) is 7.01. The fourth-order valence-corrected chi connectivity index (χ4v) is 5.55. The molecule has 0 bridgehead atoms. The van der Waals surface area contributed by atoms with Crippen LogP contribution < -0.4 is 4.90 Å². The first-order chi connectivity index (χ1) is 15.1. The first kappa shape index (κ1) is 20.9. The number of likely N-dealkylation sites (tertiary alicyclic amines) is 1. The van der Waals surface area contributed by atoms with Crippen LogP contribution in [0.1, 0.15) is 36.7 Å². The van der Waals surface area contributed by atoms with E-state index in [0.717, 1.165) is 0 Å². The molecule has 2 aromatic rings. The van der Waals surface area contributed by atoms with Crippen LogP contribution in [0.3, 0.4) is 0 Å². The fraction of sp³-hybridized carbons (Fsp3) is 0.320. The number of carbonyl (C=O) groups excluding carboxylic acids is 3. The quantitative estimate of drug-likeness (QED) is 0.502. The van der Waals surface area contributed by atoms with Gasteiger partial charge in [0.2, 0.25) is 11.8 Å². The Labute approximate surface area is 190 Å². The number of carbonyl (C=O) groups is 3. The Morgan fingerprint density at radius 2 is 1.72 bits per heavy atom. The second-order valence-corrected chi connectivity index (χ2v) is 9.89. The predicted octanol–water partition coefficient (Wildman–Crippen LogP) is 4.35. The van der Waals surface area contributed by atoms with E-state index in [4.69, 9.17) is 11.6 Å². The van der Waals surface area contributed by atoms with Gasteiger partial charge in [0, 0.05) is 22.4 Å². The molecule has 32 heavy (non-hydrogen) atoms. The van der Waals surface area contributed by atoms with Gasteiger partial charge in [-0.15, -0.1) is 0 Å². The first-order valence-electron chi connectivity index (χ1n) is 10.5. The normalized spacial score (nSPS) is 26.3. The van der Waals surface area contributed by atoms with E-state index < -0.39 is 35.3 Å². The average molecular weight is 453 g/mol. The summed E-state index contributed by atoms with van der Waals surface area (Å²) in [6.45, 7) is 5.42. The molecular weight excluding hydrogens is 431 g/mol. The van der Waals surface area contributed by atoms with E-state index in [0.29, 0.717) is 16.8 Å². The number of fused-ring (bicyclic) bond motifs is 5. The summed E-state index contributed by atoms with van der Waals surface area (Å²) in [5.41, 5.74) is 0.819. The van der Waals surface area contributed by atoms with Crippen molar-refractivity contribution < 1.29 is 18.8 Å². The maximum atomic E-state index is 13.9. The molecule has 2 amide bonds. The molecule has 0 N–H and O–H groups in total. The molecule has 0 aliphatic carbocycles. The number of Topliss-reactive ketones (excluding diaryl/α,β-unsaturated/α-hetero) is 1. The molecule has 4 atom stereocenters. The molecule has 5 rings (SSSR count). The van der Waals surface area contributed by atoms with Crippen molar-refractivity contribution in [2.45, 2.75) is 38.4 Å². The van der Waals surface area contributed by atoms with Crippen LogP contribution in [0.15, 0.2) is 48.5 Å². The van der Waals surface area contributed by atoms with Crippen LogP contribution in [0, 0.1) is 17.7 Å². The van der Waals surface area contributed by atoms with Crippen molar-refractivity contribution in [3.8, 4) is 0 Å². The Kier molecular flexibility index (Phi) is 4.57. The minimum Gasteiger partial charge on any atom is -0.352 e. The SMILES string of the molecule is CC(C)(C)N1C(=O)[C@@H]2[C@H](C1=O)[C@H]1C=Cc3cc(F)ccc3N1[C@@H]2C(=O)c1ccccc1Cl. The monoisotopic (exact) mass is 452 g/mol. The van der Waals surface area contributed by atoms with Gasteiger partial charge in [-0.1, -0.05) is 35.9 Å². The highest BCUT2D eigenvalue weighted by molar-refractivity contribution is 6.34. The molecule has 2 saturated heterocycles. The van der Waals surface area contributed by atoms with E-state index in [1.165, 1.54) is 17.0 Å². The van der Waals surface area contributed by atoms with Crippen LogP contribution in [0.2, 0.25) is 5.02 Å². The number of halogens is 2. The molecular formula is C25H22ClFN2O3. The number of hydrogen-bond donors (Lipinski definition) is 0. The zero-order valence-corrected chi connectivity index (χ0v) is 18.6. The Hall–Kier alpha value is -2.99. The lowest BCUT2D eigenvalue weighted by Crippen LogP contribution is -2.52. The fourth-order valence-electron chi connectivity index (χ4n) is 5.33. The van der Waals surface area contributed by atoms with E-state index in [9.17, 15) is 18.8 Å². The number of rotatable bonds is 2. The average Bonchev–Trinajstić information content (AvgIpc) is 3.20. The van der Waals surface area contributed by atoms with E-state index in [1.807, 2.05) is 4.90 Å². The minimum atomic E-state index is -0.928. The Bertz CT molecular complexity index is 1200. The van der Waals surface area contributed by atoms with Crippen LogP contribution in [-0.2, 0) is 9.59 Å². The summed E-state index contributed by atoms with van der Waals surface area (Å²) in [4.78, 5) is 44.0. The van der Waals surface area contributed by atoms with Gasteiger partial charge in [0.25, 0.3) is 0 Å². The third-order valence-corrected chi connectivity index (χ3v) is 6.88.